The van der Waals surface area contributed by atoms with Crippen molar-refractivity contribution in [2.45, 2.75) is 38.6 Å². The molecule has 0 aromatic heterocycles. The average molecular weight is 392 g/mol. The minimum atomic E-state index is -0.0500. The van der Waals surface area contributed by atoms with E-state index in [1.54, 1.807) is 7.11 Å². The van der Waals surface area contributed by atoms with Gasteiger partial charge in [-0.25, -0.2) is 0 Å². The van der Waals surface area contributed by atoms with Crippen molar-refractivity contribution in [2.24, 2.45) is 11.8 Å². The van der Waals surface area contributed by atoms with Gasteiger partial charge in [-0.3, -0.25) is 9.59 Å². The summed E-state index contributed by atoms with van der Waals surface area (Å²) in [5, 5.41) is 2.99. The number of ether oxygens (including phenoxy) is 1. The van der Waals surface area contributed by atoms with Crippen LogP contribution in [0.1, 0.15) is 36.8 Å². The van der Waals surface area contributed by atoms with Crippen LogP contribution in [0.4, 0.5) is 5.69 Å². The first-order valence-corrected chi connectivity index (χ1v) is 10.4. The summed E-state index contributed by atoms with van der Waals surface area (Å²) >= 11 is 0. The number of hydrogen-bond acceptors (Lipinski definition) is 3. The number of carbonyl (C=O) groups excluding carboxylic acids is 2. The van der Waals surface area contributed by atoms with Crippen molar-refractivity contribution in [3.63, 3.8) is 0 Å². The molecule has 1 aliphatic carbocycles. The first-order valence-electron chi connectivity index (χ1n) is 10.4. The van der Waals surface area contributed by atoms with E-state index in [1.165, 1.54) is 11.1 Å². The Hall–Kier alpha value is -2.82. The molecule has 5 heteroatoms. The molecule has 1 N–H and O–H groups in total. The number of nitrogens with one attached hydrogen (secondary N) is 1. The van der Waals surface area contributed by atoms with Crippen molar-refractivity contribution in [1.29, 1.82) is 0 Å². The number of para-hydroxylation sites is 2. The minimum absolute atomic E-state index is 0.0206. The van der Waals surface area contributed by atoms with E-state index < -0.39 is 0 Å². The van der Waals surface area contributed by atoms with Crippen LogP contribution in [-0.2, 0) is 22.6 Å². The molecule has 152 valence electrons. The zero-order valence-corrected chi connectivity index (χ0v) is 16.9. The van der Waals surface area contributed by atoms with Gasteiger partial charge in [-0.15, -0.1) is 0 Å². The third-order valence-electron chi connectivity index (χ3n) is 6.25. The maximum absolute atomic E-state index is 13.0. The second-order valence-electron chi connectivity index (χ2n) is 8.02. The van der Waals surface area contributed by atoms with Gasteiger partial charge in [0.05, 0.1) is 12.8 Å². The molecule has 2 aromatic carbocycles. The molecule has 0 atom stereocenters. The van der Waals surface area contributed by atoms with Crippen LogP contribution in [0, 0.1) is 11.8 Å². The molecule has 0 saturated heterocycles. The molecule has 0 spiro atoms. The number of benzene rings is 2. The lowest BCUT2D eigenvalue weighted by atomic mass is 9.80. The topological polar surface area (TPSA) is 58.6 Å². The molecule has 29 heavy (non-hydrogen) atoms. The third-order valence-corrected chi connectivity index (χ3v) is 6.25. The quantitative estimate of drug-likeness (QED) is 0.855. The van der Waals surface area contributed by atoms with Crippen molar-refractivity contribution in [3.05, 3.63) is 59.7 Å². The van der Waals surface area contributed by atoms with Gasteiger partial charge in [0.15, 0.2) is 0 Å². The first kappa shape index (κ1) is 19.5. The lowest BCUT2D eigenvalue weighted by molar-refractivity contribution is -0.138. The van der Waals surface area contributed by atoms with Crippen molar-refractivity contribution in [1.82, 2.24) is 4.90 Å². The number of hydrogen-bond donors (Lipinski definition) is 1. The van der Waals surface area contributed by atoms with Gasteiger partial charge < -0.3 is 15.0 Å². The highest BCUT2D eigenvalue weighted by molar-refractivity contribution is 5.94. The van der Waals surface area contributed by atoms with Crippen LogP contribution >= 0.6 is 0 Å². The van der Waals surface area contributed by atoms with Crippen molar-refractivity contribution in [2.75, 3.05) is 19.0 Å². The lowest BCUT2D eigenvalue weighted by Crippen LogP contribution is -2.41. The summed E-state index contributed by atoms with van der Waals surface area (Å²) < 4.78 is 5.31. The smallest absolute Gasteiger partial charge is 0.227 e. The van der Waals surface area contributed by atoms with Crippen molar-refractivity contribution in [3.8, 4) is 5.75 Å². The van der Waals surface area contributed by atoms with Crippen molar-refractivity contribution >= 4 is 17.5 Å². The molecule has 1 fully saturated rings. The van der Waals surface area contributed by atoms with Crippen LogP contribution in [-0.4, -0.2) is 30.4 Å². The lowest BCUT2D eigenvalue weighted by Gasteiger charge is -2.34. The normalized spacial score (nSPS) is 21.2. The predicted molar refractivity (Wildman–Crippen MR) is 113 cm³/mol. The summed E-state index contributed by atoms with van der Waals surface area (Å²) in [4.78, 5) is 27.7. The van der Waals surface area contributed by atoms with Crippen LogP contribution in [0.5, 0.6) is 5.75 Å². The Morgan fingerprint density at radius 1 is 0.931 bits per heavy atom. The van der Waals surface area contributed by atoms with Gasteiger partial charge in [0, 0.05) is 24.9 Å². The fourth-order valence-electron chi connectivity index (χ4n) is 4.53. The number of amides is 2. The molecule has 2 aromatic rings. The molecule has 0 radical (unpaired) electrons. The fourth-order valence-corrected chi connectivity index (χ4v) is 4.53. The van der Waals surface area contributed by atoms with Crippen LogP contribution in [0.25, 0.3) is 0 Å². The summed E-state index contributed by atoms with van der Waals surface area (Å²) in [7, 11) is 1.60. The molecule has 2 aliphatic rings. The van der Waals surface area contributed by atoms with Gasteiger partial charge in [-0.1, -0.05) is 36.4 Å². The molecule has 1 aliphatic heterocycles. The summed E-state index contributed by atoms with van der Waals surface area (Å²) in [5.41, 5.74) is 3.32. The highest BCUT2D eigenvalue weighted by Gasteiger charge is 2.33. The Morgan fingerprint density at radius 3 is 2.34 bits per heavy atom. The van der Waals surface area contributed by atoms with Crippen LogP contribution in [0.3, 0.4) is 0 Å². The van der Waals surface area contributed by atoms with Gasteiger partial charge in [0.2, 0.25) is 11.8 Å². The first-order chi connectivity index (χ1) is 14.2. The summed E-state index contributed by atoms with van der Waals surface area (Å²) in [6, 6.07) is 15.8. The van der Waals surface area contributed by atoms with E-state index in [1.807, 2.05) is 35.2 Å². The molecule has 4 rings (SSSR count). The Morgan fingerprint density at radius 2 is 1.59 bits per heavy atom. The fraction of sp³-hybridized carbons (Fsp3) is 0.417. The average Bonchev–Trinajstić information content (AvgIpc) is 2.78. The Labute approximate surface area is 172 Å². The maximum Gasteiger partial charge on any atom is 0.227 e. The minimum Gasteiger partial charge on any atom is -0.495 e. The Balaban J connectivity index is 1.31. The van der Waals surface area contributed by atoms with E-state index in [2.05, 4.69) is 23.5 Å². The van der Waals surface area contributed by atoms with Crippen LogP contribution < -0.4 is 10.1 Å². The third kappa shape index (κ3) is 4.29. The number of rotatable bonds is 4. The molecule has 0 bridgehead atoms. The largest absolute Gasteiger partial charge is 0.495 e. The van der Waals surface area contributed by atoms with E-state index in [4.69, 9.17) is 4.74 Å². The number of anilines is 1. The molecular formula is C24H28N2O3. The molecule has 2 amide bonds. The molecule has 1 heterocycles. The second-order valence-corrected chi connectivity index (χ2v) is 8.02. The summed E-state index contributed by atoms with van der Waals surface area (Å²) in [6.07, 6.45) is 3.99. The molecule has 1 saturated carbocycles. The highest BCUT2D eigenvalue weighted by Crippen LogP contribution is 2.33. The number of carbonyl (C=O) groups is 2. The van der Waals surface area contributed by atoms with Gasteiger partial charge >= 0.3 is 0 Å². The molecule has 5 nitrogen and oxygen atoms in total. The van der Waals surface area contributed by atoms with Gasteiger partial charge in [-0.05, 0) is 55.4 Å². The van der Waals surface area contributed by atoms with E-state index in [-0.39, 0.29) is 23.7 Å². The Kier molecular flexibility index (Phi) is 5.84. The molecular weight excluding hydrogens is 364 g/mol. The SMILES string of the molecule is COc1ccccc1NC(=O)C1CCC(C(=O)N2CCc3ccccc3C2)CC1. The molecule has 0 unspecified atom stereocenters. The van der Waals surface area contributed by atoms with Gasteiger partial charge in [0.25, 0.3) is 0 Å². The highest BCUT2D eigenvalue weighted by atomic mass is 16.5. The van der Waals surface area contributed by atoms with Gasteiger partial charge in [0.1, 0.15) is 5.75 Å². The van der Waals surface area contributed by atoms with Crippen LogP contribution in [0.15, 0.2) is 48.5 Å². The second kappa shape index (κ2) is 8.68. The Bertz CT molecular complexity index is 887. The predicted octanol–water partition coefficient (Wildman–Crippen LogP) is 4.03. The maximum atomic E-state index is 13.0. The van der Waals surface area contributed by atoms with E-state index in [0.717, 1.165) is 38.6 Å². The number of methoxy groups -OCH3 is 1. The van der Waals surface area contributed by atoms with Gasteiger partial charge in [-0.2, -0.15) is 0 Å². The van der Waals surface area contributed by atoms with E-state index >= 15 is 0 Å². The monoisotopic (exact) mass is 392 g/mol. The summed E-state index contributed by atoms with van der Waals surface area (Å²) in [5.74, 6) is 0.923. The van der Waals surface area contributed by atoms with E-state index in [9.17, 15) is 9.59 Å². The zero-order valence-electron chi connectivity index (χ0n) is 16.9. The summed E-state index contributed by atoms with van der Waals surface area (Å²) in [6.45, 7) is 1.51. The van der Waals surface area contributed by atoms with Crippen LogP contribution in [0.2, 0.25) is 0 Å². The number of fused-ring (bicyclic) bond motifs is 1. The zero-order chi connectivity index (χ0) is 20.2. The standard InChI is InChI=1S/C24H28N2O3/c1-29-22-9-5-4-8-21(22)25-23(27)18-10-12-19(13-11-18)24(28)26-15-14-17-6-2-3-7-20(17)16-26/h2-9,18-19H,10-16H2,1H3,(H,25,27). The number of nitrogens with zero attached hydrogens (tertiary/aromatic N) is 1. The van der Waals surface area contributed by atoms with E-state index in [0.29, 0.717) is 18.0 Å². The van der Waals surface area contributed by atoms with Crippen molar-refractivity contribution < 1.29 is 14.3 Å².